The van der Waals surface area contributed by atoms with Crippen molar-refractivity contribution in [3.63, 3.8) is 0 Å². The molecule has 0 aliphatic heterocycles. The normalized spacial score (nSPS) is 18.1. The number of nitrogens with one attached hydrogen (secondary N) is 1. The lowest BCUT2D eigenvalue weighted by atomic mass is 9.99. The first-order valence-corrected chi connectivity index (χ1v) is 6.24. The molecule has 3 heteroatoms. The molecule has 1 aliphatic carbocycles. The van der Waals surface area contributed by atoms with Crippen molar-refractivity contribution in [1.29, 1.82) is 0 Å². The zero-order valence-electron chi connectivity index (χ0n) is 10.9. The molecule has 0 atom stereocenters. The van der Waals surface area contributed by atoms with Gasteiger partial charge in [-0.15, -0.1) is 0 Å². The Morgan fingerprint density at radius 3 is 2.62 bits per heavy atom. The van der Waals surface area contributed by atoms with Crippen LogP contribution in [-0.4, -0.2) is 22.4 Å². The molecule has 16 heavy (non-hydrogen) atoms. The summed E-state index contributed by atoms with van der Waals surface area (Å²) in [5.74, 6) is 0. The van der Waals surface area contributed by atoms with E-state index in [1.165, 1.54) is 25.0 Å². The third kappa shape index (κ3) is 2.64. The van der Waals surface area contributed by atoms with Gasteiger partial charge in [-0.2, -0.15) is 5.10 Å². The van der Waals surface area contributed by atoms with Crippen LogP contribution in [0.1, 0.15) is 38.1 Å². The molecule has 1 aromatic rings. The van der Waals surface area contributed by atoms with Crippen LogP contribution in [0, 0.1) is 12.3 Å². The lowest BCUT2D eigenvalue weighted by Gasteiger charge is -2.17. The molecule has 0 spiro atoms. The number of rotatable bonds is 5. The summed E-state index contributed by atoms with van der Waals surface area (Å²) in [5.41, 5.74) is 3.02. The second-order valence-electron chi connectivity index (χ2n) is 5.61. The summed E-state index contributed by atoms with van der Waals surface area (Å²) in [6, 6.07) is 2.81. The van der Waals surface area contributed by atoms with Gasteiger partial charge in [0, 0.05) is 25.3 Å². The second kappa shape index (κ2) is 4.21. The summed E-state index contributed by atoms with van der Waals surface area (Å²) < 4.78 is 2.03. The molecule has 3 nitrogen and oxygen atoms in total. The maximum atomic E-state index is 4.41. The SMILES string of the molecule is Cc1cc(CC2(CNC(C)C)CC2)n(C)n1. The Morgan fingerprint density at radius 2 is 2.19 bits per heavy atom. The van der Waals surface area contributed by atoms with Crippen LogP contribution in [0.15, 0.2) is 6.07 Å². The maximum absolute atomic E-state index is 4.41. The monoisotopic (exact) mass is 221 g/mol. The fourth-order valence-electron chi connectivity index (χ4n) is 2.23. The molecule has 0 aromatic carbocycles. The van der Waals surface area contributed by atoms with Crippen LogP contribution in [0.25, 0.3) is 0 Å². The van der Waals surface area contributed by atoms with Gasteiger partial charge in [0.2, 0.25) is 0 Å². The van der Waals surface area contributed by atoms with E-state index < -0.39 is 0 Å². The molecule has 1 heterocycles. The number of aryl methyl sites for hydroxylation is 2. The number of hydrogen-bond donors (Lipinski definition) is 1. The summed E-state index contributed by atoms with van der Waals surface area (Å²) in [6.45, 7) is 7.64. The molecular formula is C13H23N3. The molecule has 0 amide bonds. The lowest BCUT2D eigenvalue weighted by molar-refractivity contribution is 0.419. The first kappa shape index (κ1) is 11.6. The Bertz CT molecular complexity index is 361. The van der Waals surface area contributed by atoms with Crippen molar-refractivity contribution in [2.45, 2.75) is 46.1 Å². The van der Waals surface area contributed by atoms with Gasteiger partial charge in [0.25, 0.3) is 0 Å². The first-order chi connectivity index (χ1) is 7.51. The average molecular weight is 221 g/mol. The first-order valence-electron chi connectivity index (χ1n) is 6.24. The van der Waals surface area contributed by atoms with Crippen molar-refractivity contribution < 1.29 is 0 Å². The van der Waals surface area contributed by atoms with Gasteiger partial charge in [-0.1, -0.05) is 13.8 Å². The van der Waals surface area contributed by atoms with Crippen LogP contribution in [0.3, 0.4) is 0 Å². The molecule has 2 rings (SSSR count). The molecule has 0 unspecified atom stereocenters. The quantitative estimate of drug-likeness (QED) is 0.824. The highest BCUT2D eigenvalue weighted by atomic mass is 15.3. The molecular weight excluding hydrogens is 198 g/mol. The van der Waals surface area contributed by atoms with Crippen LogP contribution >= 0.6 is 0 Å². The van der Waals surface area contributed by atoms with E-state index in [1.807, 2.05) is 11.7 Å². The zero-order valence-corrected chi connectivity index (χ0v) is 10.9. The highest BCUT2D eigenvalue weighted by molar-refractivity contribution is 5.14. The van der Waals surface area contributed by atoms with Crippen LogP contribution in [0.4, 0.5) is 0 Å². The van der Waals surface area contributed by atoms with Crippen molar-refractivity contribution in [1.82, 2.24) is 15.1 Å². The molecule has 1 aromatic heterocycles. The summed E-state index contributed by atoms with van der Waals surface area (Å²) in [7, 11) is 2.05. The number of aromatic nitrogens is 2. The Morgan fingerprint density at radius 1 is 1.50 bits per heavy atom. The molecule has 0 saturated heterocycles. The van der Waals surface area contributed by atoms with E-state index in [0.29, 0.717) is 11.5 Å². The van der Waals surface area contributed by atoms with Gasteiger partial charge in [-0.25, -0.2) is 0 Å². The van der Waals surface area contributed by atoms with Crippen molar-refractivity contribution in [2.24, 2.45) is 12.5 Å². The van der Waals surface area contributed by atoms with E-state index >= 15 is 0 Å². The van der Waals surface area contributed by atoms with Gasteiger partial charge < -0.3 is 5.32 Å². The van der Waals surface area contributed by atoms with Gasteiger partial charge in [0.1, 0.15) is 0 Å². The van der Waals surface area contributed by atoms with E-state index in [2.05, 4.69) is 37.3 Å². The van der Waals surface area contributed by atoms with E-state index in [4.69, 9.17) is 0 Å². The van der Waals surface area contributed by atoms with Crippen LogP contribution < -0.4 is 5.32 Å². The Hall–Kier alpha value is -0.830. The fourth-order valence-corrected chi connectivity index (χ4v) is 2.23. The summed E-state index contributed by atoms with van der Waals surface area (Å²) in [6.07, 6.45) is 3.89. The van der Waals surface area contributed by atoms with Crippen molar-refractivity contribution in [3.05, 3.63) is 17.5 Å². The largest absolute Gasteiger partial charge is 0.314 e. The summed E-state index contributed by atoms with van der Waals surface area (Å²) in [5, 5.41) is 7.98. The summed E-state index contributed by atoms with van der Waals surface area (Å²) in [4.78, 5) is 0. The van der Waals surface area contributed by atoms with Gasteiger partial charge in [0.15, 0.2) is 0 Å². The highest BCUT2D eigenvalue weighted by Crippen LogP contribution is 2.47. The number of hydrogen-bond acceptors (Lipinski definition) is 2. The molecule has 1 saturated carbocycles. The van der Waals surface area contributed by atoms with Crippen LogP contribution in [0.2, 0.25) is 0 Å². The van der Waals surface area contributed by atoms with Crippen molar-refractivity contribution in [3.8, 4) is 0 Å². The third-order valence-corrected chi connectivity index (χ3v) is 3.50. The molecule has 1 aliphatic rings. The average Bonchev–Trinajstić information content (AvgIpc) is 2.87. The third-order valence-electron chi connectivity index (χ3n) is 3.50. The topological polar surface area (TPSA) is 29.9 Å². The van der Waals surface area contributed by atoms with E-state index in [1.54, 1.807) is 0 Å². The van der Waals surface area contributed by atoms with Gasteiger partial charge in [0.05, 0.1) is 5.69 Å². The molecule has 1 fully saturated rings. The summed E-state index contributed by atoms with van der Waals surface area (Å²) >= 11 is 0. The van der Waals surface area contributed by atoms with Gasteiger partial charge in [-0.3, -0.25) is 4.68 Å². The standard InChI is InChI=1S/C13H23N3/c1-10(2)14-9-13(5-6-13)8-12-7-11(3)15-16(12)4/h7,10,14H,5-6,8-9H2,1-4H3. The van der Waals surface area contributed by atoms with Crippen LogP contribution in [-0.2, 0) is 13.5 Å². The van der Waals surface area contributed by atoms with E-state index in [9.17, 15) is 0 Å². The Labute approximate surface area is 98.2 Å². The Balaban J connectivity index is 1.96. The lowest BCUT2D eigenvalue weighted by Crippen LogP contribution is -2.31. The van der Waals surface area contributed by atoms with Gasteiger partial charge in [-0.05, 0) is 37.7 Å². The minimum absolute atomic E-state index is 0.518. The second-order valence-corrected chi connectivity index (χ2v) is 5.61. The van der Waals surface area contributed by atoms with Crippen LogP contribution in [0.5, 0.6) is 0 Å². The molecule has 1 N–H and O–H groups in total. The van der Waals surface area contributed by atoms with Gasteiger partial charge >= 0.3 is 0 Å². The minimum atomic E-state index is 0.518. The fraction of sp³-hybridized carbons (Fsp3) is 0.769. The smallest absolute Gasteiger partial charge is 0.0596 e. The predicted molar refractivity (Wildman–Crippen MR) is 66.5 cm³/mol. The number of nitrogens with zero attached hydrogens (tertiary/aromatic N) is 2. The predicted octanol–water partition coefficient (Wildman–Crippen LogP) is 2.05. The van der Waals surface area contributed by atoms with Crippen molar-refractivity contribution in [2.75, 3.05) is 6.54 Å². The highest BCUT2D eigenvalue weighted by Gasteiger charge is 2.42. The van der Waals surface area contributed by atoms with E-state index in [0.717, 1.165) is 12.2 Å². The zero-order chi connectivity index (χ0) is 11.8. The van der Waals surface area contributed by atoms with E-state index in [-0.39, 0.29) is 0 Å². The minimum Gasteiger partial charge on any atom is -0.314 e. The molecule has 0 bridgehead atoms. The van der Waals surface area contributed by atoms with Crippen molar-refractivity contribution >= 4 is 0 Å². The molecule has 0 radical (unpaired) electrons. The maximum Gasteiger partial charge on any atom is 0.0596 e. The molecule has 90 valence electrons. The Kier molecular flexibility index (Phi) is 3.06.